The van der Waals surface area contributed by atoms with E-state index in [1.165, 1.54) is 11.0 Å². The molecule has 1 aliphatic rings. The summed E-state index contributed by atoms with van der Waals surface area (Å²) in [5.41, 5.74) is 0.209. The molecule has 0 radical (unpaired) electrons. The van der Waals surface area contributed by atoms with E-state index >= 15 is 0 Å². The molecule has 2 rings (SSSR count). The number of nitrogens with zero attached hydrogens (tertiary/aromatic N) is 1. The van der Waals surface area contributed by atoms with Gasteiger partial charge in [-0.1, -0.05) is 29.8 Å². The minimum Gasteiger partial charge on any atom is -0.344 e. The summed E-state index contributed by atoms with van der Waals surface area (Å²) in [6.07, 6.45) is 0.171. The molecule has 108 valence electrons. The van der Waals surface area contributed by atoms with Gasteiger partial charge < -0.3 is 10.2 Å². The van der Waals surface area contributed by atoms with Crippen LogP contribution in [0.5, 0.6) is 0 Å². The van der Waals surface area contributed by atoms with E-state index in [9.17, 15) is 14.0 Å². The zero-order chi connectivity index (χ0) is 14.9. The summed E-state index contributed by atoms with van der Waals surface area (Å²) in [7, 11) is 0. The van der Waals surface area contributed by atoms with Gasteiger partial charge in [0.15, 0.2) is 0 Å². The average Bonchev–Trinajstić information content (AvgIpc) is 2.50. The van der Waals surface area contributed by atoms with Crippen molar-refractivity contribution >= 4 is 33.4 Å². The van der Waals surface area contributed by atoms with E-state index in [1.54, 1.807) is 12.1 Å². The molecule has 1 heterocycles. The Bertz CT molecular complexity index is 548. The molecule has 0 aliphatic carbocycles. The van der Waals surface area contributed by atoms with Crippen molar-refractivity contribution in [3.63, 3.8) is 0 Å². The number of carbonyl (C=O) groups excluding carboxylic acids is 2. The van der Waals surface area contributed by atoms with Crippen molar-refractivity contribution in [2.75, 3.05) is 11.4 Å². The first-order chi connectivity index (χ1) is 9.40. The Labute approximate surface area is 125 Å². The smallest absolute Gasteiger partial charge is 0.249 e. The third kappa shape index (κ3) is 3.00. The van der Waals surface area contributed by atoms with Crippen molar-refractivity contribution in [1.82, 2.24) is 5.32 Å². The van der Waals surface area contributed by atoms with Crippen LogP contribution in [0.4, 0.5) is 10.1 Å². The number of rotatable bonds is 2. The minimum atomic E-state index is -0.618. The van der Waals surface area contributed by atoms with Crippen LogP contribution in [0.3, 0.4) is 0 Å². The molecule has 1 atom stereocenters. The van der Waals surface area contributed by atoms with Crippen molar-refractivity contribution in [1.29, 1.82) is 0 Å². The molecule has 0 aromatic heterocycles. The fraction of sp³-hybridized carbons (Fsp3) is 0.429. The fourth-order valence-corrected chi connectivity index (χ4v) is 2.52. The fourth-order valence-electron chi connectivity index (χ4n) is 2.19. The molecule has 1 aliphatic heterocycles. The number of anilines is 1. The maximum absolute atomic E-state index is 14.0. The number of benzene rings is 1. The second kappa shape index (κ2) is 5.91. The lowest BCUT2D eigenvalue weighted by molar-refractivity contribution is -0.126. The number of carbonyl (C=O) groups is 2. The Morgan fingerprint density at radius 3 is 2.70 bits per heavy atom. The Morgan fingerprint density at radius 2 is 2.10 bits per heavy atom. The Kier molecular flexibility index (Phi) is 4.42. The first kappa shape index (κ1) is 15.0. The number of hydrogen-bond acceptors (Lipinski definition) is 2. The number of amides is 2. The maximum atomic E-state index is 14.0. The summed E-state index contributed by atoms with van der Waals surface area (Å²) in [6, 6.07) is 3.92. The van der Waals surface area contributed by atoms with Crippen LogP contribution in [0.15, 0.2) is 22.7 Å². The highest BCUT2D eigenvalue weighted by Gasteiger charge is 2.33. The second-order valence-electron chi connectivity index (χ2n) is 5.12. The van der Waals surface area contributed by atoms with E-state index in [1.807, 2.05) is 13.8 Å². The van der Waals surface area contributed by atoms with E-state index in [0.29, 0.717) is 4.47 Å². The highest BCUT2D eigenvalue weighted by Crippen LogP contribution is 2.25. The van der Waals surface area contributed by atoms with Gasteiger partial charge in [-0.3, -0.25) is 9.59 Å². The van der Waals surface area contributed by atoms with E-state index in [-0.39, 0.29) is 36.4 Å². The average molecular weight is 343 g/mol. The summed E-state index contributed by atoms with van der Waals surface area (Å²) < 4.78 is 14.6. The summed E-state index contributed by atoms with van der Waals surface area (Å²) in [5.74, 6) is -0.987. The molecule has 1 unspecified atom stereocenters. The molecule has 0 spiro atoms. The summed E-state index contributed by atoms with van der Waals surface area (Å²) >= 11 is 3.19. The molecule has 1 saturated heterocycles. The molecule has 0 bridgehead atoms. The van der Waals surface area contributed by atoms with Crippen molar-refractivity contribution in [3.05, 3.63) is 28.5 Å². The predicted octanol–water partition coefficient (Wildman–Crippen LogP) is 2.47. The van der Waals surface area contributed by atoms with E-state index in [4.69, 9.17) is 0 Å². The van der Waals surface area contributed by atoms with E-state index in [0.717, 1.165) is 0 Å². The van der Waals surface area contributed by atoms with Gasteiger partial charge in [-0.25, -0.2) is 4.39 Å². The van der Waals surface area contributed by atoms with Crippen LogP contribution in [0.25, 0.3) is 0 Å². The number of hydrogen-bond donors (Lipinski definition) is 1. The highest BCUT2D eigenvalue weighted by atomic mass is 79.9. The summed E-state index contributed by atoms with van der Waals surface area (Å²) in [5, 5.41) is 2.70. The normalized spacial score (nSPS) is 20.1. The van der Waals surface area contributed by atoms with Gasteiger partial charge >= 0.3 is 0 Å². The first-order valence-corrected chi connectivity index (χ1v) is 7.25. The van der Waals surface area contributed by atoms with Crippen molar-refractivity contribution in [3.8, 4) is 0 Å². The van der Waals surface area contributed by atoms with Crippen molar-refractivity contribution < 1.29 is 14.0 Å². The van der Waals surface area contributed by atoms with Crippen LogP contribution in [0.2, 0.25) is 0 Å². The van der Waals surface area contributed by atoms with Crippen LogP contribution in [0.1, 0.15) is 20.3 Å². The SMILES string of the molecule is CC(C)C1NC(=O)CCN(c2ccc(Br)cc2F)C1=O. The first-order valence-electron chi connectivity index (χ1n) is 6.46. The second-order valence-corrected chi connectivity index (χ2v) is 6.04. The molecule has 0 saturated carbocycles. The molecule has 1 aromatic rings. The van der Waals surface area contributed by atoms with Crippen molar-refractivity contribution in [2.24, 2.45) is 5.92 Å². The van der Waals surface area contributed by atoms with Gasteiger partial charge in [-0.2, -0.15) is 0 Å². The lowest BCUT2D eigenvalue weighted by atomic mass is 10.0. The minimum absolute atomic E-state index is 0.0504. The molecule has 1 N–H and O–H groups in total. The molecule has 20 heavy (non-hydrogen) atoms. The zero-order valence-electron chi connectivity index (χ0n) is 11.3. The topological polar surface area (TPSA) is 49.4 Å². The predicted molar refractivity (Wildman–Crippen MR) is 77.8 cm³/mol. The van der Waals surface area contributed by atoms with Crippen LogP contribution in [-0.2, 0) is 9.59 Å². The van der Waals surface area contributed by atoms with Gasteiger partial charge in [-0.15, -0.1) is 0 Å². The lowest BCUT2D eigenvalue weighted by Gasteiger charge is -2.26. The van der Waals surface area contributed by atoms with E-state index in [2.05, 4.69) is 21.2 Å². The van der Waals surface area contributed by atoms with Gasteiger partial charge in [0.1, 0.15) is 11.9 Å². The van der Waals surface area contributed by atoms with Crippen LogP contribution in [0, 0.1) is 11.7 Å². The lowest BCUT2D eigenvalue weighted by Crippen LogP contribution is -2.48. The van der Waals surface area contributed by atoms with Crippen molar-refractivity contribution in [2.45, 2.75) is 26.3 Å². The third-order valence-electron chi connectivity index (χ3n) is 3.28. The van der Waals surface area contributed by atoms with Gasteiger partial charge in [0.25, 0.3) is 0 Å². The van der Waals surface area contributed by atoms with E-state index < -0.39 is 11.9 Å². The van der Waals surface area contributed by atoms with Gasteiger partial charge in [0.2, 0.25) is 11.8 Å². The molecular formula is C14H16BrFN2O2. The quantitative estimate of drug-likeness (QED) is 0.897. The Balaban J connectivity index is 2.38. The summed E-state index contributed by atoms with van der Waals surface area (Å²) in [6.45, 7) is 3.89. The summed E-state index contributed by atoms with van der Waals surface area (Å²) in [4.78, 5) is 25.5. The van der Waals surface area contributed by atoms with Crippen LogP contribution in [-0.4, -0.2) is 24.4 Å². The number of halogens is 2. The van der Waals surface area contributed by atoms with Gasteiger partial charge in [-0.05, 0) is 24.1 Å². The highest BCUT2D eigenvalue weighted by molar-refractivity contribution is 9.10. The molecule has 6 heteroatoms. The largest absolute Gasteiger partial charge is 0.344 e. The van der Waals surface area contributed by atoms with Gasteiger partial charge in [0.05, 0.1) is 5.69 Å². The molecule has 2 amide bonds. The standard InChI is InChI=1S/C14H16BrFN2O2/c1-8(2)13-14(20)18(6-5-12(19)17-13)11-4-3-9(15)7-10(11)16/h3-4,7-8,13H,5-6H2,1-2H3,(H,17,19). The Hall–Kier alpha value is -1.43. The monoisotopic (exact) mass is 342 g/mol. The Morgan fingerprint density at radius 1 is 1.40 bits per heavy atom. The maximum Gasteiger partial charge on any atom is 0.249 e. The molecule has 1 aromatic carbocycles. The molecule has 4 nitrogen and oxygen atoms in total. The van der Waals surface area contributed by atoms with Gasteiger partial charge in [0, 0.05) is 17.4 Å². The number of nitrogens with one attached hydrogen (secondary N) is 1. The van der Waals surface area contributed by atoms with Crippen LogP contribution >= 0.6 is 15.9 Å². The third-order valence-corrected chi connectivity index (χ3v) is 3.77. The van der Waals surface area contributed by atoms with Crippen LogP contribution < -0.4 is 10.2 Å². The molecule has 1 fully saturated rings. The zero-order valence-corrected chi connectivity index (χ0v) is 12.9. The molecular weight excluding hydrogens is 327 g/mol.